The molecule has 0 aliphatic carbocycles. The molecule has 0 saturated carbocycles. The predicted molar refractivity (Wildman–Crippen MR) is 95.7 cm³/mol. The summed E-state index contributed by atoms with van der Waals surface area (Å²) >= 11 is 0. The van der Waals surface area contributed by atoms with Crippen LogP contribution >= 0.6 is 0 Å². The van der Waals surface area contributed by atoms with Gasteiger partial charge in [-0.05, 0) is 37.8 Å². The number of hydrogen-bond acceptors (Lipinski definition) is 5. The van der Waals surface area contributed by atoms with Crippen molar-refractivity contribution >= 4 is 11.8 Å². The summed E-state index contributed by atoms with van der Waals surface area (Å²) < 4.78 is 11.6. The topological polar surface area (TPSA) is 56.1 Å². The van der Waals surface area contributed by atoms with Crippen molar-refractivity contribution in [3.05, 3.63) is 29.6 Å². The molecule has 1 aromatic rings. The molecular formula is C19H27Cl3N3O2V. The Labute approximate surface area is 198 Å². The fourth-order valence-electron chi connectivity index (χ4n) is 2.55. The van der Waals surface area contributed by atoms with Crippen LogP contribution < -0.4 is 37.2 Å². The summed E-state index contributed by atoms with van der Waals surface area (Å²) in [6, 6.07) is 5.79. The summed E-state index contributed by atoms with van der Waals surface area (Å²) in [6.07, 6.45) is 0. The summed E-state index contributed by atoms with van der Waals surface area (Å²) in [5, 5.41) is 0. The molecule has 0 aromatic carbocycles. The maximum atomic E-state index is 5.82. The third-order valence-electron chi connectivity index (χ3n) is 5.39. The second-order valence-electron chi connectivity index (χ2n) is 7.84. The van der Waals surface area contributed by atoms with Crippen LogP contribution in [0.4, 0.5) is 0 Å². The van der Waals surface area contributed by atoms with Gasteiger partial charge in [0.05, 0.1) is 11.1 Å². The van der Waals surface area contributed by atoms with Gasteiger partial charge < -0.3 is 46.7 Å². The van der Waals surface area contributed by atoms with Crippen LogP contribution in [-0.4, -0.2) is 41.1 Å². The zero-order chi connectivity index (χ0) is 17.5. The molecule has 0 fully saturated rings. The smallest absolute Gasteiger partial charge is 1.00 e. The minimum absolute atomic E-state index is 0. The van der Waals surface area contributed by atoms with E-state index in [0.29, 0.717) is 36.8 Å². The van der Waals surface area contributed by atoms with Crippen LogP contribution in [0.1, 0.15) is 52.9 Å². The van der Waals surface area contributed by atoms with E-state index in [2.05, 4.69) is 46.5 Å². The summed E-state index contributed by atoms with van der Waals surface area (Å²) in [6.45, 7) is 14.1. The van der Waals surface area contributed by atoms with Gasteiger partial charge in [-0.25, -0.2) is 15.0 Å². The molecule has 156 valence electrons. The quantitative estimate of drug-likeness (QED) is 0.427. The van der Waals surface area contributed by atoms with Gasteiger partial charge in [0, 0.05) is 0 Å². The van der Waals surface area contributed by atoms with E-state index in [9.17, 15) is 0 Å². The van der Waals surface area contributed by atoms with Gasteiger partial charge in [0.15, 0.2) is 0 Å². The third-order valence-corrected chi connectivity index (χ3v) is 5.39. The van der Waals surface area contributed by atoms with E-state index in [1.54, 1.807) is 0 Å². The molecule has 0 unspecified atom stereocenters. The summed E-state index contributed by atoms with van der Waals surface area (Å²) in [5.74, 6) is 2.04. The molecule has 3 rings (SSSR count). The molecule has 2 atom stereocenters. The number of aromatic nitrogens is 1. The fraction of sp³-hybridized carbons (Fsp3) is 0.632. The normalized spacial score (nSPS) is 25.3. The maximum absolute atomic E-state index is 5.82. The first kappa shape index (κ1) is 29.7. The molecule has 0 saturated heterocycles. The van der Waals surface area contributed by atoms with Crippen LogP contribution in [0, 0.1) is 11.8 Å². The Hall–Kier alpha value is -0.456. The molecule has 0 amide bonds. The van der Waals surface area contributed by atoms with Gasteiger partial charge in [-0.15, -0.1) is 0 Å². The van der Waals surface area contributed by atoms with Crippen molar-refractivity contribution in [2.75, 3.05) is 13.2 Å². The van der Waals surface area contributed by atoms with Crippen molar-refractivity contribution in [1.29, 1.82) is 0 Å². The molecule has 3 heterocycles. The Bertz CT molecular complexity index is 660. The van der Waals surface area contributed by atoms with Gasteiger partial charge in [0.1, 0.15) is 24.6 Å². The van der Waals surface area contributed by atoms with Crippen molar-refractivity contribution < 1.29 is 65.3 Å². The van der Waals surface area contributed by atoms with Gasteiger partial charge in [-0.2, -0.15) is 0 Å². The van der Waals surface area contributed by atoms with Crippen molar-refractivity contribution in [2.24, 2.45) is 21.8 Å². The van der Waals surface area contributed by atoms with Gasteiger partial charge in [0.2, 0.25) is 11.8 Å². The number of nitrogens with zero attached hydrogens (tertiary/aromatic N) is 3. The molecule has 2 aliphatic heterocycles. The maximum Gasteiger partial charge on any atom is 3.00 e. The number of pyridine rings is 1. The van der Waals surface area contributed by atoms with Gasteiger partial charge >= 0.3 is 18.6 Å². The summed E-state index contributed by atoms with van der Waals surface area (Å²) in [5.41, 5.74) is 1.09. The molecule has 0 bridgehead atoms. The van der Waals surface area contributed by atoms with Crippen LogP contribution in [0.25, 0.3) is 0 Å². The van der Waals surface area contributed by atoms with Gasteiger partial charge in [-0.3, -0.25) is 0 Å². The molecule has 0 N–H and O–H groups in total. The van der Waals surface area contributed by atoms with E-state index >= 15 is 0 Å². The van der Waals surface area contributed by atoms with Gasteiger partial charge in [-0.1, -0.05) is 33.8 Å². The van der Waals surface area contributed by atoms with E-state index in [4.69, 9.17) is 19.5 Å². The molecule has 2 aliphatic rings. The standard InChI is InChI=1S/C19H27N3O2.3ClH.V/c1-12(2)18(5)10-23-16(21-18)14-8-7-9-15(20-14)17-22-19(6,11-24-17)13(3)4;;;;/h7-9,12-13H,10-11H2,1-6H3;3*1H;/q;;;;+3/p-3/t18-,19-;;;;/m0..../s1. The average molecular weight is 487 g/mol. The van der Waals surface area contributed by atoms with Crippen molar-refractivity contribution in [1.82, 2.24) is 4.98 Å². The number of hydrogen-bond donors (Lipinski definition) is 0. The Morgan fingerprint density at radius 2 is 1.14 bits per heavy atom. The van der Waals surface area contributed by atoms with Crippen molar-refractivity contribution in [2.45, 2.75) is 52.6 Å². The first-order valence-electron chi connectivity index (χ1n) is 8.67. The zero-order valence-corrected chi connectivity index (χ0v) is 20.7. The molecule has 5 nitrogen and oxygen atoms in total. The fourth-order valence-corrected chi connectivity index (χ4v) is 2.55. The summed E-state index contributed by atoms with van der Waals surface area (Å²) in [7, 11) is 0. The predicted octanol–water partition coefficient (Wildman–Crippen LogP) is -5.53. The van der Waals surface area contributed by atoms with Crippen LogP contribution in [0.2, 0.25) is 0 Å². The zero-order valence-electron chi connectivity index (χ0n) is 17.0. The van der Waals surface area contributed by atoms with E-state index < -0.39 is 0 Å². The largest absolute Gasteiger partial charge is 3.00 e. The molecule has 1 aromatic heterocycles. The van der Waals surface area contributed by atoms with Crippen LogP contribution in [0.3, 0.4) is 0 Å². The van der Waals surface area contributed by atoms with Crippen LogP contribution in [0.5, 0.6) is 0 Å². The Morgan fingerprint density at radius 1 is 0.786 bits per heavy atom. The molecular weight excluding hydrogens is 460 g/mol. The SMILES string of the molecule is CC(C)[C@]1(C)COC(c2cccc(C3=N[C@](C)(C(C)C)CO3)n2)=N1.[Cl-].[Cl-].[Cl-].[V+3]. The van der Waals surface area contributed by atoms with Gasteiger partial charge in [0.25, 0.3) is 0 Å². The minimum atomic E-state index is -0.190. The second kappa shape index (κ2) is 11.1. The second-order valence-corrected chi connectivity index (χ2v) is 7.84. The Balaban J connectivity index is 0. The minimum Gasteiger partial charge on any atom is -1.00 e. The third kappa shape index (κ3) is 5.79. The molecule has 9 heteroatoms. The van der Waals surface area contributed by atoms with E-state index in [-0.39, 0.29) is 66.9 Å². The molecule has 0 radical (unpaired) electrons. The first-order chi connectivity index (χ1) is 11.2. The number of halogens is 3. The number of aliphatic imine (C=N–C) groups is 2. The van der Waals surface area contributed by atoms with E-state index in [1.165, 1.54) is 0 Å². The van der Waals surface area contributed by atoms with E-state index in [0.717, 1.165) is 11.4 Å². The Morgan fingerprint density at radius 3 is 1.43 bits per heavy atom. The number of rotatable bonds is 4. The molecule has 0 spiro atoms. The van der Waals surface area contributed by atoms with Crippen LogP contribution in [-0.2, 0) is 28.0 Å². The first-order valence-corrected chi connectivity index (χ1v) is 8.67. The monoisotopic (exact) mass is 485 g/mol. The van der Waals surface area contributed by atoms with Crippen molar-refractivity contribution in [3.63, 3.8) is 0 Å². The van der Waals surface area contributed by atoms with Crippen molar-refractivity contribution in [3.8, 4) is 0 Å². The number of ether oxygens (including phenoxy) is 2. The van der Waals surface area contributed by atoms with E-state index in [1.807, 2.05) is 18.2 Å². The van der Waals surface area contributed by atoms with Crippen LogP contribution in [0.15, 0.2) is 28.2 Å². The average Bonchev–Trinajstić information content (AvgIpc) is 3.13. The summed E-state index contributed by atoms with van der Waals surface area (Å²) in [4.78, 5) is 14.2. The molecule has 28 heavy (non-hydrogen) atoms. The Kier molecular flexibility index (Phi) is 11.8.